The lowest BCUT2D eigenvalue weighted by Gasteiger charge is -2.68. The fraction of sp³-hybridized carbons (Fsp3) is 0.792. The topological polar surface area (TPSA) is 131 Å². The number of aliphatic hydroxyl groups excluding tert-OH is 3. The number of hydrogen-bond acceptors (Lipinski definition) is 7. The molecule has 0 aromatic carbocycles. The minimum absolute atomic E-state index is 0.112. The minimum atomic E-state index is -1.32. The average molecular weight is 435 g/mol. The molecule has 7 heteroatoms. The number of fused-ring (bicyclic) bond motifs is 5. The van der Waals surface area contributed by atoms with E-state index in [9.17, 15) is 30.3 Å². The molecule has 1 heterocycles. The van der Waals surface area contributed by atoms with Crippen molar-refractivity contribution >= 4 is 0 Å². The number of rotatable bonds is 1. The van der Waals surface area contributed by atoms with Crippen molar-refractivity contribution in [1.29, 1.82) is 0 Å². The van der Waals surface area contributed by atoms with Crippen molar-refractivity contribution in [1.82, 2.24) is 0 Å². The van der Waals surface area contributed by atoms with Crippen molar-refractivity contribution in [2.45, 2.75) is 94.2 Å². The second-order valence-corrected chi connectivity index (χ2v) is 11.2. The van der Waals surface area contributed by atoms with Crippen LogP contribution in [0.5, 0.6) is 0 Å². The van der Waals surface area contributed by atoms with E-state index < -0.39 is 51.9 Å². The summed E-state index contributed by atoms with van der Waals surface area (Å²) < 4.78 is 5.08. The zero-order valence-corrected chi connectivity index (χ0v) is 18.2. The Balaban J connectivity index is 1.58. The number of hydrogen-bond donors (Lipinski definition) is 5. The minimum Gasteiger partial charge on any atom is -0.431 e. The molecule has 0 radical (unpaired) electrons. The van der Waals surface area contributed by atoms with Gasteiger partial charge in [0.25, 0.3) is 0 Å². The summed E-state index contributed by atoms with van der Waals surface area (Å²) in [6.45, 7) is 3.89. The Kier molecular flexibility index (Phi) is 4.62. The van der Waals surface area contributed by atoms with Gasteiger partial charge in [-0.1, -0.05) is 13.8 Å². The highest BCUT2D eigenvalue weighted by molar-refractivity contribution is 5.30. The quantitative estimate of drug-likeness (QED) is 0.450. The summed E-state index contributed by atoms with van der Waals surface area (Å²) >= 11 is 0. The summed E-state index contributed by atoms with van der Waals surface area (Å²) in [4.78, 5) is 11.4. The van der Waals surface area contributed by atoms with Crippen molar-refractivity contribution in [3.8, 4) is 0 Å². The summed E-state index contributed by atoms with van der Waals surface area (Å²) in [6.07, 6.45) is 1.89. The molecule has 0 bridgehead atoms. The van der Waals surface area contributed by atoms with E-state index in [0.29, 0.717) is 32.1 Å². The van der Waals surface area contributed by atoms with Gasteiger partial charge in [-0.25, -0.2) is 4.79 Å². The molecule has 7 nitrogen and oxygen atoms in total. The van der Waals surface area contributed by atoms with E-state index in [0.717, 1.165) is 5.56 Å². The molecule has 1 aromatic heterocycles. The zero-order chi connectivity index (χ0) is 22.4. The Morgan fingerprint density at radius 1 is 1.03 bits per heavy atom. The van der Waals surface area contributed by atoms with Crippen LogP contribution in [0.2, 0.25) is 0 Å². The highest BCUT2D eigenvalue weighted by Gasteiger charge is 2.74. The molecule has 31 heavy (non-hydrogen) atoms. The van der Waals surface area contributed by atoms with Gasteiger partial charge < -0.3 is 29.9 Å². The fourth-order valence-corrected chi connectivity index (χ4v) is 8.31. The molecular formula is C24H34O7. The van der Waals surface area contributed by atoms with Crippen LogP contribution in [0.3, 0.4) is 0 Å². The van der Waals surface area contributed by atoms with Crippen molar-refractivity contribution in [2.75, 3.05) is 0 Å². The molecule has 5 N–H and O–H groups in total. The summed E-state index contributed by atoms with van der Waals surface area (Å²) in [5.41, 5.74) is -3.75. The van der Waals surface area contributed by atoms with Crippen molar-refractivity contribution < 1.29 is 29.9 Å². The van der Waals surface area contributed by atoms with E-state index in [1.807, 2.05) is 13.8 Å². The highest BCUT2D eigenvalue weighted by atomic mass is 16.4. The molecule has 1 aromatic rings. The van der Waals surface area contributed by atoms with E-state index >= 15 is 0 Å². The van der Waals surface area contributed by atoms with Crippen LogP contribution in [0, 0.1) is 22.7 Å². The normalized spacial score (nSPS) is 54.0. The fourth-order valence-electron chi connectivity index (χ4n) is 8.31. The molecule has 4 aliphatic carbocycles. The van der Waals surface area contributed by atoms with Gasteiger partial charge in [-0.15, -0.1) is 0 Å². The third-order valence-electron chi connectivity index (χ3n) is 10.2. The van der Waals surface area contributed by atoms with E-state index in [1.165, 1.54) is 12.3 Å². The van der Waals surface area contributed by atoms with Crippen LogP contribution >= 0.6 is 0 Å². The lowest BCUT2D eigenvalue weighted by molar-refractivity contribution is -0.300. The smallest absolute Gasteiger partial charge is 0.335 e. The van der Waals surface area contributed by atoms with Gasteiger partial charge in [-0.05, 0) is 61.0 Å². The van der Waals surface area contributed by atoms with Crippen LogP contribution in [0.4, 0.5) is 0 Å². The lowest BCUT2D eigenvalue weighted by atomic mass is 9.40. The molecule has 0 aliphatic heterocycles. The van der Waals surface area contributed by atoms with Crippen LogP contribution in [0.1, 0.15) is 70.3 Å². The number of aliphatic hydroxyl groups is 5. The zero-order valence-electron chi connectivity index (χ0n) is 18.2. The third kappa shape index (κ3) is 2.61. The second kappa shape index (κ2) is 6.64. The summed E-state index contributed by atoms with van der Waals surface area (Å²) in [6, 6.07) is 3.06. The predicted molar refractivity (Wildman–Crippen MR) is 111 cm³/mol. The van der Waals surface area contributed by atoms with Crippen molar-refractivity contribution in [3.05, 3.63) is 34.4 Å². The molecule has 4 saturated carbocycles. The van der Waals surface area contributed by atoms with Crippen LogP contribution in [0.15, 0.2) is 27.6 Å². The van der Waals surface area contributed by atoms with Crippen molar-refractivity contribution in [3.63, 3.8) is 0 Å². The van der Waals surface area contributed by atoms with Crippen LogP contribution < -0.4 is 5.63 Å². The third-order valence-corrected chi connectivity index (χ3v) is 10.2. The molecule has 5 rings (SSSR count). The Bertz CT molecular complexity index is 910. The maximum absolute atomic E-state index is 12.2. The van der Waals surface area contributed by atoms with Crippen LogP contribution in [0.25, 0.3) is 0 Å². The molecule has 172 valence electrons. The first-order chi connectivity index (χ1) is 14.5. The molecule has 0 amide bonds. The predicted octanol–water partition coefficient (Wildman–Crippen LogP) is 1.30. The van der Waals surface area contributed by atoms with Gasteiger partial charge in [0, 0.05) is 30.2 Å². The van der Waals surface area contributed by atoms with Gasteiger partial charge in [0.1, 0.15) is 0 Å². The van der Waals surface area contributed by atoms with Gasteiger partial charge in [0.2, 0.25) is 0 Å². The summed E-state index contributed by atoms with van der Waals surface area (Å²) in [5, 5.41) is 56.7. The molecule has 4 fully saturated rings. The van der Waals surface area contributed by atoms with Gasteiger partial charge >= 0.3 is 5.63 Å². The first-order valence-corrected chi connectivity index (χ1v) is 11.5. The van der Waals surface area contributed by atoms with E-state index in [-0.39, 0.29) is 24.7 Å². The summed E-state index contributed by atoms with van der Waals surface area (Å²) in [5.74, 6) is -0.969. The van der Waals surface area contributed by atoms with Gasteiger partial charge in [-0.3, -0.25) is 0 Å². The largest absolute Gasteiger partial charge is 0.431 e. The molecule has 0 spiro atoms. The van der Waals surface area contributed by atoms with E-state index in [2.05, 4.69) is 0 Å². The Hall–Kier alpha value is -1.25. The highest BCUT2D eigenvalue weighted by Crippen LogP contribution is 2.71. The van der Waals surface area contributed by atoms with E-state index in [1.54, 1.807) is 6.07 Å². The van der Waals surface area contributed by atoms with Gasteiger partial charge in [0.15, 0.2) is 0 Å². The second-order valence-electron chi connectivity index (χ2n) is 11.2. The van der Waals surface area contributed by atoms with Gasteiger partial charge in [-0.2, -0.15) is 0 Å². The molecular weight excluding hydrogens is 400 g/mol. The maximum Gasteiger partial charge on any atom is 0.335 e. The van der Waals surface area contributed by atoms with Crippen LogP contribution in [-0.4, -0.2) is 55.0 Å². The first kappa shape index (κ1) is 21.6. The maximum atomic E-state index is 12.2. The lowest BCUT2D eigenvalue weighted by Crippen LogP contribution is -2.73. The average Bonchev–Trinajstić information content (AvgIpc) is 2.97. The Morgan fingerprint density at radius 3 is 2.45 bits per heavy atom. The molecule has 4 aliphatic rings. The standard InChI is InChI=1S/C24H34O7/c1-21-7-5-14(25)10-23(21,29)11-17(26)20-16(21)9-18(27)22(2)15(6-8-24(20,22)30)13-3-4-19(28)31-12-13/h3-4,12,14-18,20,25-27,29-30H,5-11H2,1-2H3/t14-,15+,16?,17-,18+,20?,21+,22-,23+,24-/m0/s1. The molecule has 0 saturated heterocycles. The SMILES string of the molecule is C[C@]12[C@H](O)CC3C([C@@H](O)C[C@]4(O)C[C@@H](O)CC[C@]34C)[C@@]1(O)CC[C@@H]2c1ccc(=O)oc1. The Morgan fingerprint density at radius 2 is 1.77 bits per heavy atom. The molecule has 10 atom stereocenters. The Labute approximate surface area is 181 Å². The monoisotopic (exact) mass is 434 g/mol. The first-order valence-electron chi connectivity index (χ1n) is 11.5. The van der Waals surface area contributed by atoms with Crippen molar-refractivity contribution in [2.24, 2.45) is 22.7 Å². The van der Waals surface area contributed by atoms with Crippen LogP contribution in [-0.2, 0) is 0 Å². The molecule has 2 unspecified atom stereocenters. The van der Waals surface area contributed by atoms with E-state index in [4.69, 9.17) is 4.42 Å². The summed E-state index contributed by atoms with van der Waals surface area (Å²) in [7, 11) is 0. The van der Waals surface area contributed by atoms with Gasteiger partial charge in [0.05, 0.1) is 35.8 Å².